The number of benzene rings is 2. The number of carbonyl (C=O) groups is 2. The lowest BCUT2D eigenvalue weighted by atomic mass is 10.0. The van der Waals surface area contributed by atoms with Crippen molar-refractivity contribution in [2.24, 2.45) is 0 Å². The molecular formula is C23H23N3O2. The van der Waals surface area contributed by atoms with Gasteiger partial charge in [-0.2, -0.15) is 0 Å². The minimum atomic E-state index is -0.250. The van der Waals surface area contributed by atoms with E-state index in [9.17, 15) is 9.59 Å². The van der Waals surface area contributed by atoms with E-state index in [-0.39, 0.29) is 11.7 Å². The molecule has 1 heterocycles. The van der Waals surface area contributed by atoms with Gasteiger partial charge in [-0.25, -0.2) is 4.98 Å². The smallest absolute Gasteiger partial charge is 0.274 e. The third-order valence-electron chi connectivity index (χ3n) is 4.47. The number of carbonyl (C=O) groups excluding carboxylic acids is 2. The van der Waals surface area contributed by atoms with E-state index in [1.165, 1.54) is 6.92 Å². The maximum Gasteiger partial charge on any atom is 0.274 e. The maximum absolute atomic E-state index is 12.6. The van der Waals surface area contributed by atoms with Crippen molar-refractivity contribution >= 4 is 28.8 Å². The van der Waals surface area contributed by atoms with Gasteiger partial charge in [0.15, 0.2) is 5.78 Å². The summed E-state index contributed by atoms with van der Waals surface area (Å²) in [6.07, 6.45) is 1.60. The molecule has 0 aliphatic rings. The van der Waals surface area contributed by atoms with Crippen LogP contribution in [-0.2, 0) is 0 Å². The number of nitrogens with one attached hydrogen (secondary N) is 2. The van der Waals surface area contributed by atoms with Crippen LogP contribution in [0.2, 0.25) is 0 Å². The highest BCUT2D eigenvalue weighted by Gasteiger charge is 2.12. The van der Waals surface area contributed by atoms with Gasteiger partial charge in [-0.3, -0.25) is 9.59 Å². The van der Waals surface area contributed by atoms with Crippen molar-refractivity contribution in [2.45, 2.75) is 27.7 Å². The molecule has 5 nitrogen and oxygen atoms in total. The molecule has 0 aliphatic heterocycles. The number of Topliss-reactive ketones (excluding diaryl/α,β-unsaturated/α-hetero) is 1. The first-order chi connectivity index (χ1) is 13.3. The molecule has 0 bridgehead atoms. The molecule has 0 spiro atoms. The van der Waals surface area contributed by atoms with Gasteiger partial charge >= 0.3 is 0 Å². The minimum absolute atomic E-state index is 0.00971. The Morgan fingerprint density at radius 1 is 0.893 bits per heavy atom. The molecule has 5 heteroatoms. The number of pyridine rings is 1. The predicted octanol–water partition coefficient (Wildman–Crippen LogP) is 5.21. The molecule has 0 saturated carbocycles. The molecule has 28 heavy (non-hydrogen) atoms. The van der Waals surface area contributed by atoms with Crippen molar-refractivity contribution < 1.29 is 9.59 Å². The summed E-state index contributed by atoms with van der Waals surface area (Å²) < 4.78 is 0. The zero-order valence-electron chi connectivity index (χ0n) is 16.5. The number of hydrogen-bond donors (Lipinski definition) is 2. The van der Waals surface area contributed by atoms with Gasteiger partial charge in [0.25, 0.3) is 5.91 Å². The van der Waals surface area contributed by atoms with Crippen LogP contribution in [0.4, 0.5) is 17.1 Å². The molecule has 1 amide bonds. The average Bonchev–Trinajstić information content (AvgIpc) is 2.65. The van der Waals surface area contributed by atoms with E-state index in [0.29, 0.717) is 11.3 Å². The molecule has 0 saturated heterocycles. The van der Waals surface area contributed by atoms with Crippen LogP contribution in [-0.4, -0.2) is 16.7 Å². The first-order valence-corrected chi connectivity index (χ1v) is 9.07. The second kappa shape index (κ2) is 8.05. The van der Waals surface area contributed by atoms with Crippen LogP contribution in [0.15, 0.2) is 54.7 Å². The fourth-order valence-electron chi connectivity index (χ4n) is 3.14. The van der Waals surface area contributed by atoms with Gasteiger partial charge in [-0.05, 0) is 63.1 Å². The van der Waals surface area contributed by atoms with Crippen LogP contribution < -0.4 is 10.6 Å². The van der Waals surface area contributed by atoms with E-state index >= 15 is 0 Å². The number of hydrogen-bond acceptors (Lipinski definition) is 4. The largest absolute Gasteiger partial charge is 0.354 e. The fourth-order valence-corrected chi connectivity index (χ4v) is 3.14. The monoisotopic (exact) mass is 373 g/mol. The predicted molar refractivity (Wildman–Crippen MR) is 113 cm³/mol. The van der Waals surface area contributed by atoms with Crippen LogP contribution >= 0.6 is 0 Å². The highest BCUT2D eigenvalue weighted by atomic mass is 16.2. The van der Waals surface area contributed by atoms with Gasteiger partial charge < -0.3 is 10.6 Å². The average molecular weight is 373 g/mol. The van der Waals surface area contributed by atoms with E-state index < -0.39 is 0 Å². The number of amides is 1. The Balaban J connectivity index is 1.73. The van der Waals surface area contributed by atoms with Crippen LogP contribution in [0.1, 0.15) is 44.5 Å². The van der Waals surface area contributed by atoms with Gasteiger partial charge in [-0.1, -0.05) is 29.8 Å². The van der Waals surface area contributed by atoms with Crippen molar-refractivity contribution in [2.75, 3.05) is 10.6 Å². The Labute approximate surface area is 164 Å². The molecule has 0 unspecified atom stereocenters. The highest BCUT2D eigenvalue weighted by Crippen LogP contribution is 2.23. The third-order valence-corrected chi connectivity index (χ3v) is 4.47. The Morgan fingerprint density at radius 2 is 1.61 bits per heavy atom. The zero-order chi connectivity index (χ0) is 20.3. The Bertz CT molecular complexity index is 1020. The molecule has 2 N–H and O–H groups in total. The number of ketones is 1. The first kappa shape index (κ1) is 19.3. The lowest BCUT2D eigenvalue weighted by molar-refractivity contribution is 0.101. The van der Waals surface area contributed by atoms with Crippen LogP contribution in [0.3, 0.4) is 0 Å². The fraction of sp³-hybridized carbons (Fsp3) is 0.174. The zero-order valence-corrected chi connectivity index (χ0v) is 16.5. The second-order valence-electron chi connectivity index (χ2n) is 6.92. The Hall–Kier alpha value is -3.47. The van der Waals surface area contributed by atoms with Crippen molar-refractivity contribution in [3.63, 3.8) is 0 Å². The maximum atomic E-state index is 12.6. The number of rotatable bonds is 5. The molecule has 0 radical (unpaired) electrons. The molecule has 0 fully saturated rings. The standard InChI is InChI=1S/C23H23N3O2/c1-14-10-15(2)22(16(3)11-14)26-23(28)21-9-8-20(13-24-21)25-19-7-5-6-18(12-19)17(4)27/h5-13,25H,1-4H3,(H,26,28). The minimum Gasteiger partial charge on any atom is -0.354 e. The van der Waals surface area contributed by atoms with E-state index in [4.69, 9.17) is 0 Å². The topological polar surface area (TPSA) is 71.1 Å². The molecule has 142 valence electrons. The van der Waals surface area contributed by atoms with E-state index in [0.717, 1.165) is 33.8 Å². The summed E-state index contributed by atoms with van der Waals surface area (Å²) in [5.41, 5.74) is 6.53. The summed E-state index contributed by atoms with van der Waals surface area (Å²) in [6.45, 7) is 7.52. The summed E-state index contributed by atoms with van der Waals surface area (Å²) >= 11 is 0. The number of aryl methyl sites for hydroxylation is 3. The van der Waals surface area contributed by atoms with Crippen molar-refractivity contribution in [1.82, 2.24) is 4.98 Å². The molecular weight excluding hydrogens is 350 g/mol. The quantitative estimate of drug-likeness (QED) is 0.603. The summed E-state index contributed by atoms with van der Waals surface area (Å²) in [7, 11) is 0. The van der Waals surface area contributed by atoms with Gasteiger partial charge in [0, 0.05) is 16.9 Å². The summed E-state index contributed by atoms with van der Waals surface area (Å²) in [4.78, 5) is 28.3. The SMILES string of the molecule is CC(=O)c1cccc(Nc2ccc(C(=O)Nc3c(C)cc(C)cc3C)nc2)c1. The highest BCUT2D eigenvalue weighted by molar-refractivity contribution is 6.03. The Kier molecular flexibility index (Phi) is 5.54. The summed E-state index contributed by atoms with van der Waals surface area (Å²) in [5, 5.41) is 6.14. The molecule has 3 rings (SSSR count). The first-order valence-electron chi connectivity index (χ1n) is 9.07. The van der Waals surface area contributed by atoms with Crippen molar-refractivity contribution in [1.29, 1.82) is 0 Å². The van der Waals surface area contributed by atoms with E-state index in [1.54, 1.807) is 30.5 Å². The summed E-state index contributed by atoms with van der Waals surface area (Å²) in [6, 6.07) is 14.8. The van der Waals surface area contributed by atoms with Crippen molar-refractivity contribution in [3.05, 3.63) is 82.7 Å². The van der Waals surface area contributed by atoms with Crippen LogP contribution in [0.5, 0.6) is 0 Å². The van der Waals surface area contributed by atoms with Crippen LogP contribution in [0, 0.1) is 20.8 Å². The van der Waals surface area contributed by atoms with Crippen molar-refractivity contribution in [3.8, 4) is 0 Å². The normalized spacial score (nSPS) is 10.4. The van der Waals surface area contributed by atoms with Gasteiger partial charge in [0.1, 0.15) is 5.69 Å². The molecule has 1 aromatic heterocycles. The molecule has 0 atom stereocenters. The van der Waals surface area contributed by atoms with Gasteiger partial charge in [0.2, 0.25) is 0 Å². The van der Waals surface area contributed by atoms with Gasteiger partial charge in [0.05, 0.1) is 11.9 Å². The van der Waals surface area contributed by atoms with E-state index in [1.807, 2.05) is 45.0 Å². The van der Waals surface area contributed by atoms with E-state index in [2.05, 4.69) is 15.6 Å². The number of anilines is 3. The number of aromatic nitrogens is 1. The van der Waals surface area contributed by atoms with Gasteiger partial charge in [-0.15, -0.1) is 0 Å². The number of nitrogens with zero attached hydrogens (tertiary/aromatic N) is 1. The molecule has 2 aromatic carbocycles. The third kappa shape index (κ3) is 4.43. The molecule has 0 aliphatic carbocycles. The summed E-state index contributed by atoms with van der Waals surface area (Å²) in [5.74, 6) is -0.240. The lowest BCUT2D eigenvalue weighted by Gasteiger charge is -2.13. The second-order valence-corrected chi connectivity index (χ2v) is 6.92. The lowest BCUT2D eigenvalue weighted by Crippen LogP contribution is -2.15. The van der Waals surface area contributed by atoms with Crippen LogP contribution in [0.25, 0.3) is 0 Å². The Morgan fingerprint density at radius 3 is 2.21 bits per heavy atom. The molecule has 3 aromatic rings.